The number of rotatable bonds is 10. The Morgan fingerprint density at radius 2 is 1.67 bits per heavy atom. The molecule has 42 heavy (non-hydrogen) atoms. The first-order valence-corrected chi connectivity index (χ1v) is 14.2. The molecular formula is C32H27FN4O4S. The molecule has 0 aliphatic carbocycles. The van der Waals surface area contributed by atoms with Crippen LogP contribution in [0, 0.1) is 5.82 Å². The number of halogens is 1. The van der Waals surface area contributed by atoms with Gasteiger partial charge in [-0.15, -0.1) is 11.8 Å². The van der Waals surface area contributed by atoms with Crippen molar-refractivity contribution in [3.05, 3.63) is 131 Å². The van der Waals surface area contributed by atoms with Crippen LogP contribution < -0.4 is 15.5 Å². The maximum Gasteiger partial charge on any atom is 0.271 e. The van der Waals surface area contributed by atoms with Crippen LogP contribution in [0.1, 0.15) is 32.4 Å². The van der Waals surface area contributed by atoms with Gasteiger partial charge in [-0.2, -0.15) is 5.10 Å². The highest BCUT2D eigenvalue weighted by Crippen LogP contribution is 2.39. The molecule has 0 spiro atoms. The fourth-order valence-corrected chi connectivity index (χ4v) is 5.43. The smallest absolute Gasteiger partial charge is 0.271 e. The topological polar surface area (TPSA) is 100 Å². The Balaban J connectivity index is 1.09. The highest BCUT2D eigenvalue weighted by atomic mass is 32.2. The molecule has 1 fully saturated rings. The molecule has 1 aliphatic heterocycles. The Hall–Kier alpha value is -4.96. The average molecular weight is 583 g/mol. The number of ether oxygens (including phenoxy) is 1. The number of hydrazone groups is 1. The number of carbonyl (C=O) groups is 3. The van der Waals surface area contributed by atoms with Crippen LogP contribution in [-0.2, 0) is 16.1 Å². The molecule has 0 unspecified atom stereocenters. The number of nitrogens with zero attached hydrogens (tertiary/aromatic N) is 2. The lowest BCUT2D eigenvalue weighted by Crippen LogP contribution is -2.27. The predicted octanol–water partition coefficient (Wildman–Crippen LogP) is 5.38. The summed E-state index contributed by atoms with van der Waals surface area (Å²) in [6, 6.07) is 29.3. The minimum absolute atomic E-state index is 0.0944. The van der Waals surface area contributed by atoms with Crippen molar-refractivity contribution < 1.29 is 23.5 Å². The largest absolute Gasteiger partial charge is 0.484 e. The summed E-state index contributed by atoms with van der Waals surface area (Å²) < 4.78 is 18.5. The third kappa shape index (κ3) is 7.61. The monoisotopic (exact) mass is 582 g/mol. The number of hydrogen-bond donors (Lipinski definition) is 2. The second-order valence-electron chi connectivity index (χ2n) is 9.40. The summed E-state index contributed by atoms with van der Waals surface area (Å²) >= 11 is 1.57. The molecule has 4 aromatic rings. The van der Waals surface area contributed by atoms with Crippen LogP contribution in [0.2, 0.25) is 0 Å². The van der Waals surface area contributed by atoms with Gasteiger partial charge in [0, 0.05) is 17.8 Å². The van der Waals surface area contributed by atoms with Gasteiger partial charge >= 0.3 is 0 Å². The summed E-state index contributed by atoms with van der Waals surface area (Å²) in [5.74, 6) is -0.115. The number of amides is 3. The van der Waals surface area contributed by atoms with Gasteiger partial charge in [-0.1, -0.05) is 42.5 Å². The molecule has 5 rings (SSSR count). The van der Waals surface area contributed by atoms with Crippen molar-refractivity contribution in [2.75, 3.05) is 17.7 Å². The number of thioether (sulfide) groups is 1. The van der Waals surface area contributed by atoms with Crippen molar-refractivity contribution >= 4 is 41.4 Å². The zero-order chi connectivity index (χ0) is 29.3. The standard InChI is InChI=1S/C32H27FN4O4S/c33-26-12-14-27(15-13-26)35-29(38)20-41-28-16-6-22(7-17-28)18-34-36-31(40)24-8-10-25(11-9-24)32-37(30(39)21-42-32)19-23-4-2-1-3-5-23/h1-18,32H,19-21H2,(H,35,38)(H,36,40)/b34-18-/t32-/m0/s1. The van der Waals surface area contributed by atoms with Gasteiger partial charge in [0.1, 0.15) is 16.9 Å². The summed E-state index contributed by atoms with van der Waals surface area (Å²) in [5, 5.41) is 6.55. The quantitative estimate of drug-likeness (QED) is 0.193. The van der Waals surface area contributed by atoms with Crippen molar-refractivity contribution in [3.63, 3.8) is 0 Å². The zero-order valence-corrected chi connectivity index (χ0v) is 23.2. The lowest BCUT2D eigenvalue weighted by atomic mass is 10.1. The first-order valence-electron chi connectivity index (χ1n) is 13.1. The van der Waals surface area contributed by atoms with E-state index < -0.39 is 0 Å². The highest BCUT2D eigenvalue weighted by Gasteiger charge is 2.32. The summed E-state index contributed by atoms with van der Waals surface area (Å²) in [6.07, 6.45) is 1.50. The maximum absolute atomic E-state index is 13.0. The van der Waals surface area contributed by atoms with E-state index in [2.05, 4.69) is 15.8 Å². The van der Waals surface area contributed by atoms with E-state index in [1.165, 1.54) is 30.5 Å². The molecule has 1 aliphatic rings. The third-order valence-corrected chi connectivity index (χ3v) is 7.64. The predicted molar refractivity (Wildman–Crippen MR) is 161 cm³/mol. The van der Waals surface area contributed by atoms with Crippen molar-refractivity contribution in [2.45, 2.75) is 11.9 Å². The molecule has 1 heterocycles. The molecule has 2 N–H and O–H groups in total. The molecule has 0 aromatic heterocycles. The first-order chi connectivity index (χ1) is 20.4. The molecule has 1 saturated heterocycles. The Morgan fingerprint density at radius 1 is 0.952 bits per heavy atom. The van der Waals surface area contributed by atoms with E-state index in [0.29, 0.717) is 29.3 Å². The van der Waals surface area contributed by atoms with Crippen molar-refractivity contribution in [3.8, 4) is 5.75 Å². The summed E-state index contributed by atoms with van der Waals surface area (Å²) in [5.41, 5.74) is 6.19. The fourth-order valence-electron chi connectivity index (χ4n) is 4.24. The van der Waals surface area contributed by atoms with E-state index in [0.717, 1.165) is 16.7 Å². The van der Waals surface area contributed by atoms with Crippen LogP contribution in [0.5, 0.6) is 5.75 Å². The lowest BCUT2D eigenvalue weighted by Gasteiger charge is -2.24. The Morgan fingerprint density at radius 3 is 2.38 bits per heavy atom. The Kier molecular flexibility index (Phi) is 9.25. The molecule has 3 amide bonds. The normalized spacial score (nSPS) is 14.6. The van der Waals surface area contributed by atoms with Gasteiger partial charge in [0.25, 0.3) is 11.8 Å². The molecule has 4 aromatic carbocycles. The second kappa shape index (κ2) is 13.6. The maximum atomic E-state index is 13.0. The van der Waals surface area contributed by atoms with E-state index in [9.17, 15) is 18.8 Å². The van der Waals surface area contributed by atoms with Crippen molar-refractivity contribution in [1.29, 1.82) is 0 Å². The molecule has 10 heteroatoms. The van der Waals surface area contributed by atoms with Gasteiger partial charge in [-0.05, 0) is 77.4 Å². The van der Waals surface area contributed by atoms with E-state index in [1.54, 1.807) is 48.2 Å². The second-order valence-corrected chi connectivity index (χ2v) is 10.5. The number of anilines is 1. The molecule has 1 atom stereocenters. The van der Waals surface area contributed by atoms with E-state index in [-0.39, 0.29) is 35.5 Å². The fraction of sp³-hybridized carbons (Fsp3) is 0.125. The van der Waals surface area contributed by atoms with Crippen LogP contribution in [0.25, 0.3) is 0 Å². The summed E-state index contributed by atoms with van der Waals surface area (Å²) in [6.45, 7) is 0.328. The molecule has 212 valence electrons. The first kappa shape index (κ1) is 28.6. The lowest BCUT2D eigenvalue weighted by molar-refractivity contribution is -0.128. The summed E-state index contributed by atoms with van der Waals surface area (Å²) in [7, 11) is 0. The molecular weight excluding hydrogens is 555 g/mol. The van der Waals surface area contributed by atoms with Crippen molar-refractivity contribution in [2.24, 2.45) is 5.10 Å². The van der Waals surface area contributed by atoms with E-state index in [1.807, 2.05) is 47.4 Å². The number of carbonyl (C=O) groups excluding carboxylic acids is 3. The molecule has 0 radical (unpaired) electrons. The van der Waals surface area contributed by atoms with Gasteiger partial charge in [-0.3, -0.25) is 14.4 Å². The minimum Gasteiger partial charge on any atom is -0.484 e. The zero-order valence-electron chi connectivity index (χ0n) is 22.4. The molecule has 0 bridgehead atoms. The minimum atomic E-state index is -0.383. The number of benzene rings is 4. The van der Waals surface area contributed by atoms with E-state index in [4.69, 9.17) is 4.74 Å². The highest BCUT2D eigenvalue weighted by molar-refractivity contribution is 8.00. The molecule has 8 nitrogen and oxygen atoms in total. The Labute approximate surface area is 246 Å². The van der Waals surface area contributed by atoms with Gasteiger partial charge < -0.3 is 15.0 Å². The van der Waals surface area contributed by atoms with Crippen molar-refractivity contribution in [1.82, 2.24) is 10.3 Å². The summed E-state index contributed by atoms with van der Waals surface area (Å²) in [4.78, 5) is 39.0. The van der Waals surface area contributed by atoms with Crippen LogP contribution in [0.15, 0.2) is 108 Å². The SMILES string of the molecule is O=C(COc1ccc(/C=N\NC(=O)c2ccc([C@@H]3SCC(=O)N3Cc3ccccc3)cc2)cc1)Nc1ccc(F)cc1. The van der Waals surface area contributed by atoms with Gasteiger partial charge in [0.15, 0.2) is 6.61 Å². The van der Waals surface area contributed by atoms with Gasteiger partial charge in [-0.25, -0.2) is 9.82 Å². The number of nitrogens with one attached hydrogen (secondary N) is 2. The Bertz CT molecular complexity index is 1560. The third-order valence-electron chi connectivity index (χ3n) is 6.38. The van der Waals surface area contributed by atoms with E-state index >= 15 is 0 Å². The van der Waals surface area contributed by atoms with Gasteiger partial charge in [0.05, 0.1) is 12.0 Å². The number of hydrogen-bond acceptors (Lipinski definition) is 6. The van der Waals surface area contributed by atoms with Crippen LogP contribution in [0.4, 0.5) is 10.1 Å². The van der Waals surface area contributed by atoms with Gasteiger partial charge in [0.2, 0.25) is 5.91 Å². The van der Waals surface area contributed by atoms with Crippen LogP contribution >= 0.6 is 11.8 Å². The average Bonchev–Trinajstić information content (AvgIpc) is 3.38. The molecule has 0 saturated carbocycles. The van der Waals surface area contributed by atoms with Crippen LogP contribution in [0.3, 0.4) is 0 Å². The van der Waals surface area contributed by atoms with Crippen LogP contribution in [-0.4, -0.2) is 41.2 Å².